The van der Waals surface area contributed by atoms with Crippen LogP contribution in [0.5, 0.6) is 11.5 Å². The van der Waals surface area contributed by atoms with Crippen LogP contribution in [0.4, 0.5) is 0 Å². The Morgan fingerprint density at radius 1 is 0.800 bits per heavy atom. The quantitative estimate of drug-likeness (QED) is 0.215. The van der Waals surface area contributed by atoms with Gasteiger partial charge in [-0.1, -0.05) is 78.4 Å². The van der Waals surface area contributed by atoms with Crippen LogP contribution in [-0.2, 0) is 28.0 Å². The van der Waals surface area contributed by atoms with E-state index in [0.717, 1.165) is 27.8 Å². The van der Waals surface area contributed by atoms with Gasteiger partial charge in [-0.3, -0.25) is 4.31 Å². The number of hydrogen-bond acceptors (Lipinski definition) is 5. The van der Waals surface area contributed by atoms with Crippen LogP contribution in [0.3, 0.4) is 0 Å². The van der Waals surface area contributed by atoms with Crippen molar-refractivity contribution in [2.45, 2.75) is 38.0 Å². The molecule has 0 amide bonds. The summed E-state index contributed by atoms with van der Waals surface area (Å²) in [5.41, 5.74) is 5.46. The lowest BCUT2D eigenvalue weighted by Crippen LogP contribution is -2.35. The molecule has 0 spiro atoms. The van der Waals surface area contributed by atoms with Crippen molar-refractivity contribution in [3.05, 3.63) is 131 Å². The van der Waals surface area contributed by atoms with Gasteiger partial charge in [0, 0.05) is 11.8 Å². The van der Waals surface area contributed by atoms with E-state index in [9.17, 15) is 8.42 Å². The summed E-state index contributed by atoms with van der Waals surface area (Å²) in [5, 5.41) is 0. The molecule has 7 heteroatoms. The minimum atomic E-state index is -3.91. The second-order valence-corrected chi connectivity index (χ2v) is 11.7. The standard InChI is InChI=1S/C33H33NO5S/c1-24-14-16-29(17-15-24)40(35,36)34-19-18-28-20-25(2)32(37-3)33(39-22-27-12-8-5-9-13-27)31(28)30(34)23-38-21-26-10-6-4-7-11-26/h4-20,30H,21-23H2,1-3H3/t30-/m0/s1. The topological polar surface area (TPSA) is 65.1 Å². The number of aryl methyl sites for hydroxylation is 2. The van der Waals surface area contributed by atoms with Gasteiger partial charge in [0.05, 0.1) is 31.3 Å². The second kappa shape index (κ2) is 12.0. The van der Waals surface area contributed by atoms with Gasteiger partial charge < -0.3 is 14.2 Å². The zero-order chi connectivity index (χ0) is 28.1. The van der Waals surface area contributed by atoms with E-state index in [1.54, 1.807) is 37.6 Å². The Morgan fingerprint density at radius 3 is 2.05 bits per heavy atom. The van der Waals surface area contributed by atoms with Gasteiger partial charge in [0.1, 0.15) is 6.61 Å². The Kier molecular flexibility index (Phi) is 8.24. The van der Waals surface area contributed by atoms with Gasteiger partial charge >= 0.3 is 0 Å². The lowest BCUT2D eigenvalue weighted by molar-refractivity contribution is 0.0839. The van der Waals surface area contributed by atoms with E-state index in [0.29, 0.717) is 30.3 Å². The second-order valence-electron chi connectivity index (χ2n) is 9.81. The molecule has 0 N–H and O–H groups in total. The maximum atomic E-state index is 14.0. The third kappa shape index (κ3) is 5.76. The number of rotatable bonds is 10. The summed E-state index contributed by atoms with van der Waals surface area (Å²) in [6, 6.07) is 27.9. The first-order valence-corrected chi connectivity index (χ1v) is 14.6. The summed E-state index contributed by atoms with van der Waals surface area (Å²) in [4.78, 5) is 0.213. The summed E-state index contributed by atoms with van der Waals surface area (Å²) in [6.07, 6.45) is 3.44. The fourth-order valence-corrected chi connectivity index (χ4v) is 6.35. The lowest BCUT2D eigenvalue weighted by atomic mass is 9.94. The maximum Gasteiger partial charge on any atom is 0.264 e. The molecule has 40 heavy (non-hydrogen) atoms. The van der Waals surface area contributed by atoms with Gasteiger partial charge in [-0.2, -0.15) is 0 Å². The molecule has 0 radical (unpaired) electrons. The Morgan fingerprint density at radius 2 is 1.43 bits per heavy atom. The number of nitrogens with zero attached hydrogens (tertiary/aromatic N) is 1. The molecule has 1 atom stereocenters. The zero-order valence-corrected chi connectivity index (χ0v) is 23.7. The molecule has 0 unspecified atom stereocenters. The first-order valence-electron chi connectivity index (χ1n) is 13.2. The molecule has 1 aliphatic heterocycles. The predicted octanol–water partition coefficient (Wildman–Crippen LogP) is 6.82. The van der Waals surface area contributed by atoms with E-state index in [1.807, 2.05) is 86.7 Å². The molecule has 0 fully saturated rings. The molecular weight excluding hydrogens is 522 g/mol. The molecule has 0 saturated carbocycles. The van der Waals surface area contributed by atoms with Crippen molar-refractivity contribution in [1.82, 2.24) is 4.31 Å². The van der Waals surface area contributed by atoms with Crippen LogP contribution < -0.4 is 9.47 Å². The highest BCUT2D eigenvalue weighted by atomic mass is 32.2. The normalized spacial score (nSPS) is 14.6. The van der Waals surface area contributed by atoms with Crippen LogP contribution in [0.15, 0.2) is 102 Å². The van der Waals surface area contributed by atoms with Crippen molar-refractivity contribution in [1.29, 1.82) is 0 Å². The van der Waals surface area contributed by atoms with Crippen molar-refractivity contribution in [3.63, 3.8) is 0 Å². The molecule has 0 saturated heterocycles. The lowest BCUT2D eigenvalue weighted by Gasteiger charge is -2.35. The number of hydrogen-bond donors (Lipinski definition) is 0. The fraction of sp³-hybridized carbons (Fsp3) is 0.212. The molecule has 0 bridgehead atoms. The van der Waals surface area contributed by atoms with E-state index >= 15 is 0 Å². The first-order chi connectivity index (χ1) is 19.4. The van der Waals surface area contributed by atoms with Gasteiger partial charge in [0.25, 0.3) is 10.0 Å². The van der Waals surface area contributed by atoms with Gasteiger partial charge in [-0.15, -0.1) is 0 Å². The largest absolute Gasteiger partial charge is 0.493 e. The van der Waals surface area contributed by atoms with E-state index in [1.165, 1.54) is 4.31 Å². The minimum absolute atomic E-state index is 0.116. The molecule has 0 aromatic heterocycles. The van der Waals surface area contributed by atoms with Crippen LogP contribution in [0.25, 0.3) is 6.08 Å². The van der Waals surface area contributed by atoms with Crippen LogP contribution in [-0.4, -0.2) is 26.4 Å². The van der Waals surface area contributed by atoms with E-state index in [4.69, 9.17) is 14.2 Å². The number of benzene rings is 4. The summed E-state index contributed by atoms with van der Waals surface area (Å²) >= 11 is 0. The zero-order valence-electron chi connectivity index (χ0n) is 22.9. The van der Waals surface area contributed by atoms with E-state index < -0.39 is 16.1 Å². The fourth-order valence-electron chi connectivity index (χ4n) is 4.90. The number of sulfonamides is 1. The molecule has 5 rings (SSSR count). The summed E-state index contributed by atoms with van der Waals surface area (Å²) in [6.45, 7) is 4.65. The summed E-state index contributed by atoms with van der Waals surface area (Å²) < 4.78 is 47.8. The average Bonchev–Trinajstić information content (AvgIpc) is 2.97. The Labute approximate surface area is 236 Å². The maximum absolute atomic E-state index is 14.0. The number of methoxy groups -OCH3 is 1. The summed E-state index contributed by atoms with van der Waals surface area (Å²) in [7, 11) is -2.31. The monoisotopic (exact) mass is 555 g/mol. The highest BCUT2D eigenvalue weighted by Crippen LogP contribution is 2.46. The van der Waals surface area contributed by atoms with E-state index in [2.05, 4.69) is 0 Å². The van der Waals surface area contributed by atoms with Crippen LogP contribution in [0, 0.1) is 13.8 Å². The van der Waals surface area contributed by atoms with Crippen molar-refractivity contribution in [2.24, 2.45) is 0 Å². The SMILES string of the molecule is COc1c(C)cc2c(c1OCc1ccccc1)[C@H](COCc1ccccc1)N(S(=O)(=O)c1ccc(C)cc1)C=C2. The summed E-state index contributed by atoms with van der Waals surface area (Å²) in [5.74, 6) is 1.09. The molecule has 6 nitrogen and oxygen atoms in total. The third-order valence-corrected chi connectivity index (χ3v) is 8.75. The molecule has 206 valence electrons. The highest BCUT2D eigenvalue weighted by molar-refractivity contribution is 7.89. The number of fused-ring (bicyclic) bond motifs is 1. The molecule has 0 aliphatic carbocycles. The van der Waals surface area contributed by atoms with Gasteiger partial charge in [0.2, 0.25) is 0 Å². The average molecular weight is 556 g/mol. The number of ether oxygens (including phenoxy) is 3. The van der Waals surface area contributed by atoms with Crippen LogP contribution in [0.1, 0.15) is 39.4 Å². The third-order valence-electron chi connectivity index (χ3n) is 6.95. The highest BCUT2D eigenvalue weighted by Gasteiger charge is 2.37. The molecule has 1 heterocycles. The van der Waals surface area contributed by atoms with Gasteiger partial charge in [-0.25, -0.2) is 8.42 Å². The van der Waals surface area contributed by atoms with Crippen molar-refractivity contribution >= 4 is 16.1 Å². The molecule has 1 aliphatic rings. The van der Waals surface area contributed by atoms with E-state index in [-0.39, 0.29) is 11.5 Å². The predicted molar refractivity (Wildman–Crippen MR) is 157 cm³/mol. The van der Waals surface area contributed by atoms with Crippen molar-refractivity contribution < 1.29 is 22.6 Å². The van der Waals surface area contributed by atoms with Crippen LogP contribution >= 0.6 is 0 Å². The molecule has 4 aromatic carbocycles. The minimum Gasteiger partial charge on any atom is -0.493 e. The Bertz CT molecular complexity index is 1580. The van der Waals surface area contributed by atoms with Gasteiger partial charge in [-0.05, 0) is 60.4 Å². The molecule has 4 aromatic rings. The Balaban J connectivity index is 1.58. The Hall–Kier alpha value is -4.07. The van der Waals surface area contributed by atoms with Crippen LogP contribution in [0.2, 0.25) is 0 Å². The smallest absolute Gasteiger partial charge is 0.264 e. The molecular formula is C33H33NO5S. The first kappa shape index (κ1) is 27.5. The van der Waals surface area contributed by atoms with Crippen molar-refractivity contribution in [2.75, 3.05) is 13.7 Å². The van der Waals surface area contributed by atoms with Crippen molar-refractivity contribution in [3.8, 4) is 11.5 Å². The van der Waals surface area contributed by atoms with Gasteiger partial charge in [0.15, 0.2) is 11.5 Å².